The molecule has 0 radical (unpaired) electrons. The van der Waals surface area contributed by atoms with Crippen LogP contribution in [0.15, 0.2) is 0 Å². The molecule has 6 heteroatoms. The molecular weight excluding hydrogens is 168 g/mol. The predicted molar refractivity (Wildman–Crippen MR) is 38.7 cm³/mol. The lowest BCUT2D eigenvalue weighted by molar-refractivity contribution is -0.135. The third kappa shape index (κ3) is 1.30. The molecular formula is C5H6N2O3S. The molecule has 60 valence electrons. The fourth-order valence-electron chi connectivity index (χ4n) is 0.749. The van der Waals surface area contributed by atoms with Crippen LogP contribution in [-0.4, -0.2) is 32.5 Å². The Morgan fingerprint density at radius 3 is 2.36 bits per heavy atom. The first-order chi connectivity index (χ1) is 5.16. The lowest BCUT2D eigenvalue weighted by atomic mass is 10.2. The molecule has 0 aromatic rings. The molecule has 0 aromatic heterocycles. The molecule has 0 bridgehead atoms. The van der Waals surface area contributed by atoms with E-state index in [1.54, 1.807) is 0 Å². The summed E-state index contributed by atoms with van der Waals surface area (Å²) in [7, 11) is 0. The molecule has 2 N–H and O–H groups in total. The number of β-lactam (4-membered cyclic amide) rings is 1. The van der Waals surface area contributed by atoms with Crippen molar-refractivity contribution < 1.29 is 13.8 Å². The highest BCUT2D eigenvalue weighted by atomic mass is 32.1. The SMILES string of the molecule is NC(=O)C(=S=O)N1CCC1=O. The number of nitrogens with zero attached hydrogens (tertiary/aromatic N) is 1. The van der Waals surface area contributed by atoms with E-state index in [0.29, 0.717) is 13.0 Å². The van der Waals surface area contributed by atoms with Crippen molar-refractivity contribution in [2.75, 3.05) is 6.54 Å². The number of rotatable bonds is 0. The zero-order valence-electron chi connectivity index (χ0n) is 5.57. The quantitative estimate of drug-likeness (QED) is 0.342. The van der Waals surface area contributed by atoms with E-state index in [-0.39, 0.29) is 22.2 Å². The molecule has 1 saturated heterocycles. The molecule has 5 nitrogen and oxygen atoms in total. The maximum Gasteiger partial charge on any atom is 0.279 e. The van der Waals surface area contributed by atoms with Gasteiger partial charge in [-0.2, -0.15) is 0 Å². The normalized spacial score (nSPS) is 15.6. The molecule has 11 heavy (non-hydrogen) atoms. The van der Waals surface area contributed by atoms with Crippen molar-refractivity contribution in [3.05, 3.63) is 0 Å². The van der Waals surface area contributed by atoms with Gasteiger partial charge in [0.15, 0.2) is 0 Å². The Bertz CT molecular complexity index is 269. The van der Waals surface area contributed by atoms with Crippen LogP contribution >= 0.6 is 0 Å². The van der Waals surface area contributed by atoms with Crippen LogP contribution < -0.4 is 5.73 Å². The van der Waals surface area contributed by atoms with Gasteiger partial charge >= 0.3 is 0 Å². The van der Waals surface area contributed by atoms with Gasteiger partial charge < -0.3 is 5.73 Å². The maximum absolute atomic E-state index is 10.7. The second-order valence-corrected chi connectivity index (χ2v) is 2.60. The van der Waals surface area contributed by atoms with Gasteiger partial charge in [-0.3, -0.25) is 14.5 Å². The van der Waals surface area contributed by atoms with Crippen LogP contribution in [0, 0.1) is 0 Å². The first-order valence-electron chi connectivity index (χ1n) is 2.93. The van der Waals surface area contributed by atoms with Crippen molar-refractivity contribution in [2.45, 2.75) is 6.42 Å². The highest BCUT2D eigenvalue weighted by Gasteiger charge is 2.30. The van der Waals surface area contributed by atoms with Gasteiger partial charge in [0.05, 0.1) is 0 Å². The highest BCUT2D eigenvalue weighted by Crippen LogP contribution is 2.07. The predicted octanol–water partition coefficient (Wildman–Crippen LogP) is -1.95. The van der Waals surface area contributed by atoms with E-state index in [9.17, 15) is 13.8 Å². The zero-order chi connectivity index (χ0) is 8.43. The molecule has 0 aromatic carbocycles. The molecule has 0 saturated carbocycles. The summed E-state index contributed by atoms with van der Waals surface area (Å²) < 4.78 is 10.2. The van der Waals surface area contributed by atoms with Crippen molar-refractivity contribution in [1.29, 1.82) is 0 Å². The third-order valence-corrected chi connectivity index (χ3v) is 1.96. The summed E-state index contributed by atoms with van der Waals surface area (Å²) in [6.45, 7) is 0.423. The summed E-state index contributed by atoms with van der Waals surface area (Å²) in [6, 6.07) is 0. The van der Waals surface area contributed by atoms with Crippen LogP contribution in [0.25, 0.3) is 0 Å². The van der Waals surface area contributed by atoms with Gasteiger partial charge in [0.1, 0.15) is 11.3 Å². The topological polar surface area (TPSA) is 80.5 Å². The number of primary amides is 1. The molecule has 1 rings (SSSR count). The smallest absolute Gasteiger partial charge is 0.279 e. The van der Waals surface area contributed by atoms with Gasteiger partial charge in [-0.05, 0) is 0 Å². The van der Waals surface area contributed by atoms with Crippen molar-refractivity contribution in [3.63, 3.8) is 0 Å². The van der Waals surface area contributed by atoms with Crippen LogP contribution in [0.1, 0.15) is 6.42 Å². The standard InChI is InChI=1S/C5H6N2O3S/c6-4(9)5(11-10)7-2-1-3(7)8/h1-2H2,(H2,6,9). The molecule has 1 aliphatic heterocycles. The van der Waals surface area contributed by atoms with Gasteiger partial charge in [-0.15, -0.1) is 0 Å². The van der Waals surface area contributed by atoms with Crippen molar-refractivity contribution in [1.82, 2.24) is 4.90 Å². The summed E-state index contributed by atoms with van der Waals surface area (Å²) in [5.74, 6) is -1.06. The Hall–Kier alpha value is -1.17. The van der Waals surface area contributed by atoms with Crippen LogP contribution in [0.2, 0.25) is 0 Å². The summed E-state index contributed by atoms with van der Waals surface area (Å²) >= 11 is -0.0371. The number of amides is 2. The Kier molecular flexibility index (Phi) is 2.04. The van der Waals surface area contributed by atoms with E-state index < -0.39 is 5.91 Å². The Morgan fingerprint density at radius 1 is 1.64 bits per heavy atom. The second kappa shape index (κ2) is 2.83. The first-order valence-corrected chi connectivity index (χ1v) is 3.68. The summed E-state index contributed by atoms with van der Waals surface area (Å²) in [5.41, 5.74) is 4.83. The first kappa shape index (κ1) is 7.93. The summed E-state index contributed by atoms with van der Waals surface area (Å²) in [6.07, 6.45) is 0.386. The van der Waals surface area contributed by atoms with Gasteiger partial charge in [0.25, 0.3) is 5.91 Å². The number of carbonyl (C=O) groups is 2. The minimum Gasteiger partial charge on any atom is -0.363 e. The van der Waals surface area contributed by atoms with E-state index in [4.69, 9.17) is 5.73 Å². The molecule has 1 heterocycles. The highest BCUT2D eigenvalue weighted by molar-refractivity contribution is 7.68. The molecule has 1 aliphatic rings. The van der Waals surface area contributed by atoms with Gasteiger partial charge in [0.2, 0.25) is 10.9 Å². The zero-order valence-corrected chi connectivity index (χ0v) is 6.39. The second-order valence-electron chi connectivity index (χ2n) is 2.05. The summed E-state index contributed by atoms with van der Waals surface area (Å²) in [5, 5.41) is 0. The Morgan fingerprint density at radius 2 is 2.27 bits per heavy atom. The number of likely N-dealkylation sites (tertiary alicyclic amines) is 1. The lowest BCUT2D eigenvalue weighted by Gasteiger charge is -2.28. The minimum atomic E-state index is -0.835. The fourth-order valence-corrected chi connectivity index (χ4v) is 1.11. The van der Waals surface area contributed by atoms with E-state index in [1.807, 2.05) is 0 Å². The number of hydrogen-bond acceptors (Lipinski definition) is 3. The third-order valence-electron chi connectivity index (χ3n) is 1.39. The number of hydrogen-bond donors (Lipinski definition) is 1. The van der Waals surface area contributed by atoms with Crippen LogP contribution in [0.4, 0.5) is 0 Å². The molecule has 0 atom stereocenters. The van der Waals surface area contributed by atoms with Crippen molar-refractivity contribution in [3.8, 4) is 0 Å². The average molecular weight is 174 g/mol. The molecule has 1 fully saturated rings. The average Bonchev–Trinajstić information content (AvgIpc) is 1.96. The minimum absolute atomic E-state index is 0.0371. The lowest BCUT2D eigenvalue weighted by Crippen LogP contribution is -2.52. The van der Waals surface area contributed by atoms with Gasteiger partial charge in [-0.25, -0.2) is 4.21 Å². The van der Waals surface area contributed by atoms with E-state index in [0.717, 1.165) is 4.90 Å². The Balaban J connectivity index is 2.80. The van der Waals surface area contributed by atoms with E-state index >= 15 is 0 Å². The van der Waals surface area contributed by atoms with Gasteiger partial charge in [0, 0.05) is 13.0 Å². The Labute approximate surface area is 66.2 Å². The molecule has 0 unspecified atom stereocenters. The fraction of sp³-hybridized carbons (Fsp3) is 0.400. The number of nitrogens with two attached hydrogens (primary N) is 1. The maximum atomic E-state index is 10.7. The van der Waals surface area contributed by atoms with Crippen molar-refractivity contribution >= 4 is 28.1 Å². The molecule has 0 spiro atoms. The largest absolute Gasteiger partial charge is 0.363 e. The van der Waals surface area contributed by atoms with Crippen LogP contribution in [0.3, 0.4) is 0 Å². The number of carbonyl (C=O) groups excluding carboxylic acids is 2. The van der Waals surface area contributed by atoms with Gasteiger partial charge in [-0.1, -0.05) is 0 Å². The summed E-state index contributed by atoms with van der Waals surface area (Å²) in [4.78, 5) is 22.1. The van der Waals surface area contributed by atoms with Crippen LogP contribution in [0.5, 0.6) is 0 Å². The molecule has 2 amide bonds. The molecule has 0 aliphatic carbocycles. The van der Waals surface area contributed by atoms with Crippen molar-refractivity contribution in [2.24, 2.45) is 5.73 Å². The van der Waals surface area contributed by atoms with Crippen LogP contribution in [-0.2, 0) is 20.8 Å². The monoisotopic (exact) mass is 174 g/mol. The van der Waals surface area contributed by atoms with E-state index in [2.05, 4.69) is 0 Å². The van der Waals surface area contributed by atoms with E-state index in [1.165, 1.54) is 0 Å².